The largest absolute Gasteiger partial charge is 0.333 e. The molecule has 0 spiro atoms. The molecular formula is C19H21N3O2. The standard InChI is InChI=1S/C19H21N3O2/c1-13-3-7-15(8-4-13)20-19(24)21-16-11-18(23)22(12-16)17-9-5-14(2)6-10-17/h3-10,16H,11-12H2,1-2H3,(H2,20,21,24)/t16-/m1/s1. The lowest BCUT2D eigenvalue weighted by Crippen LogP contribution is -2.39. The summed E-state index contributed by atoms with van der Waals surface area (Å²) < 4.78 is 0. The van der Waals surface area contributed by atoms with Crippen LogP contribution >= 0.6 is 0 Å². The molecule has 1 aliphatic rings. The van der Waals surface area contributed by atoms with Crippen LogP contribution in [0.4, 0.5) is 16.2 Å². The summed E-state index contributed by atoms with van der Waals surface area (Å²) in [6, 6.07) is 14.9. The molecule has 0 radical (unpaired) electrons. The van der Waals surface area contributed by atoms with E-state index in [-0.39, 0.29) is 18.0 Å². The number of carbonyl (C=O) groups is 2. The van der Waals surface area contributed by atoms with Crippen molar-refractivity contribution in [2.75, 3.05) is 16.8 Å². The van der Waals surface area contributed by atoms with Gasteiger partial charge in [-0.25, -0.2) is 4.79 Å². The maximum absolute atomic E-state index is 12.2. The molecular weight excluding hydrogens is 302 g/mol. The second-order valence-corrected chi connectivity index (χ2v) is 6.21. The minimum atomic E-state index is -0.289. The first-order chi connectivity index (χ1) is 11.5. The lowest BCUT2D eigenvalue weighted by Gasteiger charge is -2.17. The molecule has 1 saturated heterocycles. The van der Waals surface area contributed by atoms with E-state index in [1.54, 1.807) is 4.90 Å². The van der Waals surface area contributed by atoms with Gasteiger partial charge < -0.3 is 15.5 Å². The predicted octanol–water partition coefficient (Wildman–Crippen LogP) is 3.23. The number of urea groups is 1. The van der Waals surface area contributed by atoms with Gasteiger partial charge in [-0.15, -0.1) is 0 Å². The maximum atomic E-state index is 12.2. The normalized spacial score (nSPS) is 17.0. The van der Waals surface area contributed by atoms with E-state index in [4.69, 9.17) is 0 Å². The molecule has 1 heterocycles. The minimum Gasteiger partial charge on any atom is -0.333 e. The van der Waals surface area contributed by atoms with Crippen LogP contribution in [0.5, 0.6) is 0 Å². The molecule has 3 rings (SSSR count). The number of nitrogens with zero attached hydrogens (tertiary/aromatic N) is 1. The summed E-state index contributed by atoms with van der Waals surface area (Å²) in [4.78, 5) is 26.0. The Balaban J connectivity index is 1.58. The third-order valence-electron chi connectivity index (χ3n) is 4.12. The van der Waals surface area contributed by atoms with E-state index in [1.807, 2.05) is 62.4 Å². The van der Waals surface area contributed by atoms with Crippen molar-refractivity contribution >= 4 is 23.3 Å². The maximum Gasteiger partial charge on any atom is 0.319 e. The third kappa shape index (κ3) is 3.74. The van der Waals surface area contributed by atoms with Gasteiger partial charge in [0.05, 0.1) is 6.04 Å². The van der Waals surface area contributed by atoms with Crippen molar-refractivity contribution in [2.24, 2.45) is 0 Å². The quantitative estimate of drug-likeness (QED) is 0.911. The first-order valence-corrected chi connectivity index (χ1v) is 8.02. The predicted molar refractivity (Wildman–Crippen MR) is 95.3 cm³/mol. The first-order valence-electron chi connectivity index (χ1n) is 8.02. The van der Waals surface area contributed by atoms with Gasteiger partial charge in [0, 0.05) is 24.3 Å². The molecule has 1 atom stereocenters. The van der Waals surface area contributed by atoms with Crippen LogP contribution in [-0.4, -0.2) is 24.5 Å². The Morgan fingerprint density at radius 1 is 1.00 bits per heavy atom. The molecule has 0 aromatic heterocycles. The van der Waals surface area contributed by atoms with Crippen molar-refractivity contribution in [3.8, 4) is 0 Å². The molecule has 2 aromatic carbocycles. The van der Waals surface area contributed by atoms with Crippen LogP contribution in [0.25, 0.3) is 0 Å². The molecule has 0 aliphatic carbocycles. The number of carbonyl (C=O) groups excluding carboxylic acids is 2. The molecule has 5 heteroatoms. The first kappa shape index (κ1) is 16.1. The molecule has 3 amide bonds. The summed E-state index contributed by atoms with van der Waals surface area (Å²) in [6.45, 7) is 4.49. The molecule has 2 aromatic rings. The van der Waals surface area contributed by atoms with Gasteiger partial charge in [0.15, 0.2) is 0 Å². The van der Waals surface area contributed by atoms with E-state index in [9.17, 15) is 9.59 Å². The number of rotatable bonds is 3. The van der Waals surface area contributed by atoms with Gasteiger partial charge in [-0.05, 0) is 38.1 Å². The van der Waals surface area contributed by atoms with Crippen molar-refractivity contribution in [1.29, 1.82) is 0 Å². The van der Waals surface area contributed by atoms with Gasteiger partial charge in [0.1, 0.15) is 0 Å². The summed E-state index contributed by atoms with van der Waals surface area (Å²) in [6.07, 6.45) is 0.315. The summed E-state index contributed by atoms with van der Waals surface area (Å²) in [7, 11) is 0. The van der Waals surface area contributed by atoms with Gasteiger partial charge in [0.25, 0.3) is 0 Å². The smallest absolute Gasteiger partial charge is 0.319 e. The number of nitrogens with one attached hydrogen (secondary N) is 2. The van der Waals surface area contributed by atoms with Gasteiger partial charge in [-0.2, -0.15) is 0 Å². The van der Waals surface area contributed by atoms with Crippen LogP contribution in [0.2, 0.25) is 0 Å². The number of anilines is 2. The van der Waals surface area contributed by atoms with Crippen molar-refractivity contribution < 1.29 is 9.59 Å². The number of amides is 3. The third-order valence-corrected chi connectivity index (χ3v) is 4.12. The van der Waals surface area contributed by atoms with Crippen LogP contribution in [0.3, 0.4) is 0 Å². The zero-order chi connectivity index (χ0) is 17.1. The van der Waals surface area contributed by atoms with Gasteiger partial charge >= 0.3 is 6.03 Å². The summed E-state index contributed by atoms with van der Waals surface area (Å²) in [5.74, 6) is 0.0273. The molecule has 0 saturated carbocycles. The molecule has 1 aliphatic heterocycles. The Morgan fingerprint density at radius 3 is 2.21 bits per heavy atom. The van der Waals surface area contributed by atoms with Crippen molar-refractivity contribution in [3.05, 3.63) is 59.7 Å². The van der Waals surface area contributed by atoms with Crippen LogP contribution in [0, 0.1) is 13.8 Å². The molecule has 0 bridgehead atoms. The zero-order valence-electron chi connectivity index (χ0n) is 13.9. The Hall–Kier alpha value is -2.82. The fourth-order valence-corrected chi connectivity index (χ4v) is 2.77. The molecule has 0 unspecified atom stereocenters. The Bertz CT molecular complexity index is 738. The van der Waals surface area contributed by atoms with Crippen molar-refractivity contribution in [1.82, 2.24) is 5.32 Å². The average Bonchev–Trinajstić information content (AvgIpc) is 2.90. The average molecular weight is 323 g/mol. The Morgan fingerprint density at radius 2 is 1.58 bits per heavy atom. The highest BCUT2D eigenvalue weighted by Crippen LogP contribution is 2.22. The summed E-state index contributed by atoms with van der Waals surface area (Å²) in [5, 5.41) is 5.66. The molecule has 24 heavy (non-hydrogen) atoms. The monoisotopic (exact) mass is 323 g/mol. The fraction of sp³-hybridized carbons (Fsp3) is 0.263. The second kappa shape index (κ2) is 6.74. The van der Waals surface area contributed by atoms with E-state index in [2.05, 4.69) is 10.6 Å². The Kier molecular flexibility index (Phi) is 4.51. The minimum absolute atomic E-state index is 0.0273. The molecule has 124 valence electrons. The SMILES string of the molecule is Cc1ccc(NC(=O)N[C@@H]2CC(=O)N(c3ccc(C)cc3)C2)cc1. The van der Waals surface area contributed by atoms with E-state index in [1.165, 1.54) is 0 Å². The van der Waals surface area contributed by atoms with Crippen LogP contribution in [-0.2, 0) is 4.79 Å². The highest BCUT2D eigenvalue weighted by molar-refractivity contribution is 5.97. The van der Waals surface area contributed by atoms with Gasteiger partial charge in [-0.1, -0.05) is 35.4 Å². The lowest BCUT2D eigenvalue weighted by atomic mass is 10.2. The summed E-state index contributed by atoms with van der Waals surface area (Å²) >= 11 is 0. The molecule has 1 fully saturated rings. The van der Waals surface area contributed by atoms with Crippen molar-refractivity contribution in [2.45, 2.75) is 26.3 Å². The van der Waals surface area contributed by atoms with E-state index in [0.717, 1.165) is 22.5 Å². The molecule has 5 nitrogen and oxygen atoms in total. The van der Waals surface area contributed by atoms with Crippen LogP contribution in [0.1, 0.15) is 17.5 Å². The number of hydrogen-bond acceptors (Lipinski definition) is 2. The lowest BCUT2D eigenvalue weighted by molar-refractivity contribution is -0.117. The van der Waals surface area contributed by atoms with Crippen molar-refractivity contribution in [3.63, 3.8) is 0 Å². The highest BCUT2D eigenvalue weighted by Gasteiger charge is 2.31. The zero-order valence-corrected chi connectivity index (χ0v) is 13.9. The fourth-order valence-electron chi connectivity index (χ4n) is 2.77. The van der Waals surface area contributed by atoms with Crippen LogP contribution in [0.15, 0.2) is 48.5 Å². The number of hydrogen-bond donors (Lipinski definition) is 2. The Labute approximate surface area is 141 Å². The number of benzene rings is 2. The van der Waals surface area contributed by atoms with Crippen LogP contribution < -0.4 is 15.5 Å². The second-order valence-electron chi connectivity index (χ2n) is 6.21. The number of aryl methyl sites for hydroxylation is 2. The van der Waals surface area contributed by atoms with E-state index >= 15 is 0 Å². The van der Waals surface area contributed by atoms with E-state index in [0.29, 0.717) is 13.0 Å². The van der Waals surface area contributed by atoms with Gasteiger partial charge in [-0.3, -0.25) is 4.79 Å². The van der Waals surface area contributed by atoms with E-state index < -0.39 is 0 Å². The highest BCUT2D eigenvalue weighted by atomic mass is 16.2. The topological polar surface area (TPSA) is 61.4 Å². The molecule has 2 N–H and O–H groups in total. The van der Waals surface area contributed by atoms with Gasteiger partial charge in [0.2, 0.25) is 5.91 Å². The summed E-state index contributed by atoms with van der Waals surface area (Å²) in [5.41, 5.74) is 3.89.